The summed E-state index contributed by atoms with van der Waals surface area (Å²) in [6.45, 7) is 0.646. The fourth-order valence-corrected chi connectivity index (χ4v) is 2.66. The molecular weight excluding hydrogens is 244 g/mol. The molecule has 0 amide bonds. The number of hydrogen-bond donors (Lipinski definition) is 1. The third-order valence-corrected chi connectivity index (χ3v) is 3.74. The number of pyridine rings is 1. The van der Waals surface area contributed by atoms with Crippen molar-refractivity contribution in [3.8, 4) is 0 Å². The quantitative estimate of drug-likeness (QED) is 0.781. The van der Waals surface area contributed by atoms with Crippen LogP contribution in [0.15, 0.2) is 66.9 Å². The molecule has 0 bridgehead atoms. The summed E-state index contributed by atoms with van der Waals surface area (Å²) >= 11 is 0. The minimum atomic E-state index is 0.337. The average Bonchev–Trinajstić information content (AvgIpc) is 2.53. The van der Waals surface area contributed by atoms with Crippen molar-refractivity contribution in [3.05, 3.63) is 78.0 Å². The summed E-state index contributed by atoms with van der Waals surface area (Å²) in [7, 11) is 0. The summed E-state index contributed by atoms with van der Waals surface area (Å²) in [6.07, 6.45) is 2.78. The molecule has 3 aromatic rings. The molecule has 1 unspecified atom stereocenters. The molecule has 100 valence electrons. The first-order chi connectivity index (χ1) is 9.88. The van der Waals surface area contributed by atoms with Crippen molar-refractivity contribution in [3.63, 3.8) is 0 Å². The van der Waals surface area contributed by atoms with Crippen LogP contribution in [0, 0.1) is 0 Å². The molecule has 0 aliphatic heterocycles. The third-order valence-electron chi connectivity index (χ3n) is 3.74. The van der Waals surface area contributed by atoms with Gasteiger partial charge in [0, 0.05) is 17.5 Å². The highest BCUT2D eigenvalue weighted by Crippen LogP contribution is 2.24. The molecule has 0 aliphatic carbocycles. The molecule has 0 saturated carbocycles. The van der Waals surface area contributed by atoms with E-state index in [0.717, 1.165) is 11.9 Å². The molecule has 2 aromatic carbocycles. The van der Waals surface area contributed by atoms with Gasteiger partial charge in [-0.05, 0) is 30.2 Å². The first-order valence-electron chi connectivity index (χ1n) is 6.96. The van der Waals surface area contributed by atoms with Crippen LogP contribution in [0.1, 0.15) is 17.0 Å². The van der Waals surface area contributed by atoms with Crippen molar-refractivity contribution >= 4 is 10.9 Å². The summed E-state index contributed by atoms with van der Waals surface area (Å²) in [6, 6.07) is 20.9. The lowest BCUT2D eigenvalue weighted by Crippen LogP contribution is -2.15. The second kappa shape index (κ2) is 5.85. The fourth-order valence-electron chi connectivity index (χ4n) is 2.66. The molecule has 1 atom stereocenters. The molecule has 0 radical (unpaired) electrons. The monoisotopic (exact) mass is 262 g/mol. The lowest BCUT2D eigenvalue weighted by Gasteiger charge is -2.16. The van der Waals surface area contributed by atoms with E-state index in [9.17, 15) is 0 Å². The lowest BCUT2D eigenvalue weighted by molar-refractivity contribution is 0.696. The Morgan fingerprint density at radius 3 is 2.50 bits per heavy atom. The van der Waals surface area contributed by atoms with E-state index in [4.69, 9.17) is 5.73 Å². The van der Waals surface area contributed by atoms with Gasteiger partial charge in [0.2, 0.25) is 0 Å². The zero-order valence-electron chi connectivity index (χ0n) is 11.4. The Kier molecular flexibility index (Phi) is 3.75. The minimum Gasteiger partial charge on any atom is -0.330 e. The summed E-state index contributed by atoms with van der Waals surface area (Å²) in [5, 5.41) is 1.19. The van der Waals surface area contributed by atoms with Gasteiger partial charge in [-0.1, -0.05) is 54.6 Å². The van der Waals surface area contributed by atoms with Gasteiger partial charge in [0.25, 0.3) is 0 Å². The van der Waals surface area contributed by atoms with Crippen molar-refractivity contribution in [2.45, 2.75) is 12.3 Å². The fraction of sp³-hybridized carbons (Fsp3) is 0.167. The van der Waals surface area contributed by atoms with Crippen LogP contribution in [0.3, 0.4) is 0 Å². The van der Waals surface area contributed by atoms with Crippen LogP contribution in [-0.4, -0.2) is 11.5 Å². The molecule has 0 fully saturated rings. The summed E-state index contributed by atoms with van der Waals surface area (Å²) in [5.41, 5.74) is 9.62. The smallest absolute Gasteiger partial charge is 0.0734 e. The van der Waals surface area contributed by atoms with E-state index in [1.807, 2.05) is 18.3 Å². The summed E-state index contributed by atoms with van der Waals surface area (Å²) < 4.78 is 0. The molecule has 1 aromatic heterocycles. The standard InChI is InChI=1S/C18H18N2/c19-13-17(14-6-2-1-3-7-14)12-16-9-4-8-15-10-5-11-20-18(15)16/h1-11,17H,12-13,19H2. The molecule has 20 heavy (non-hydrogen) atoms. The van der Waals surface area contributed by atoms with E-state index in [1.165, 1.54) is 16.5 Å². The zero-order valence-corrected chi connectivity index (χ0v) is 11.4. The summed E-state index contributed by atoms with van der Waals surface area (Å²) in [4.78, 5) is 4.52. The molecule has 0 aliphatic rings. The highest BCUT2D eigenvalue weighted by molar-refractivity contribution is 5.81. The van der Waals surface area contributed by atoms with E-state index in [1.54, 1.807) is 0 Å². The first kappa shape index (κ1) is 12.8. The van der Waals surface area contributed by atoms with Gasteiger partial charge in [0.15, 0.2) is 0 Å². The summed E-state index contributed by atoms with van der Waals surface area (Å²) in [5.74, 6) is 0.337. The highest BCUT2D eigenvalue weighted by Gasteiger charge is 2.12. The Labute approximate surface area is 119 Å². The van der Waals surface area contributed by atoms with Crippen LogP contribution in [0.4, 0.5) is 0 Å². The van der Waals surface area contributed by atoms with Gasteiger partial charge in [-0.25, -0.2) is 0 Å². The van der Waals surface area contributed by atoms with E-state index >= 15 is 0 Å². The molecular formula is C18H18N2. The lowest BCUT2D eigenvalue weighted by atomic mass is 9.91. The molecule has 3 rings (SSSR count). The molecule has 1 heterocycles. The van der Waals surface area contributed by atoms with Crippen molar-refractivity contribution in [1.82, 2.24) is 4.98 Å². The maximum Gasteiger partial charge on any atom is 0.0734 e. The van der Waals surface area contributed by atoms with Gasteiger partial charge >= 0.3 is 0 Å². The second-order valence-corrected chi connectivity index (χ2v) is 5.04. The number of rotatable bonds is 4. The van der Waals surface area contributed by atoms with Gasteiger partial charge in [-0.2, -0.15) is 0 Å². The number of aromatic nitrogens is 1. The maximum absolute atomic E-state index is 5.98. The normalized spacial score (nSPS) is 12.4. The van der Waals surface area contributed by atoms with E-state index in [0.29, 0.717) is 12.5 Å². The maximum atomic E-state index is 5.98. The van der Waals surface area contributed by atoms with Gasteiger partial charge in [0.1, 0.15) is 0 Å². The first-order valence-corrected chi connectivity index (χ1v) is 6.96. The number of benzene rings is 2. The largest absolute Gasteiger partial charge is 0.330 e. The molecule has 2 heteroatoms. The van der Waals surface area contributed by atoms with Crippen molar-refractivity contribution in [2.24, 2.45) is 5.73 Å². The SMILES string of the molecule is NCC(Cc1cccc2cccnc12)c1ccccc1. The van der Waals surface area contributed by atoms with E-state index < -0.39 is 0 Å². The second-order valence-electron chi connectivity index (χ2n) is 5.04. The Morgan fingerprint density at radius 1 is 0.900 bits per heavy atom. The number of fused-ring (bicyclic) bond motifs is 1. The predicted octanol–water partition coefficient (Wildman–Crippen LogP) is 3.52. The van der Waals surface area contributed by atoms with Gasteiger partial charge in [-0.3, -0.25) is 4.98 Å². The van der Waals surface area contributed by atoms with Crippen LogP contribution in [-0.2, 0) is 6.42 Å². The number of nitrogens with two attached hydrogens (primary N) is 1. The Hall–Kier alpha value is -2.19. The van der Waals surface area contributed by atoms with Gasteiger partial charge < -0.3 is 5.73 Å². The Balaban J connectivity index is 1.96. The van der Waals surface area contributed by atoms with E-state index in [-0.39, 0.29) is 0 Å². The predicted molar refractivity (Wildman–Crippen MR) is 83.7 cm³/mol. The number of hydrogen-bond acceptors (Lipinski definition) is 2. The third kappa shape index (κ3) is 2.56. The Bertz CT molecular complexity index is 687. The van der Waals surface area contributed by atoms with Crippen LogP contribution in [0.2, 0.25) is 0 Å². The molecule has 2 nitrogen and oxygen atoms in total. The topological polar surface area (TPSA) is 38.9 Å². The number of para-hydroxylation sites is 1. The van der Waals surface area contributed by atoms with Crippen molar-refractivity contribution in [2.75, 3.05) is 6.54 Å². The molecule has 2 N–H and O–H groups in total. The van der Waals surface area contributed by atoms with Crippen LogP contribution < -0.4 is 5.73 Å². The van der Waals surface area contributed by atoms with Gasteiger partial charge in [-0.15, -0.1) is 0 Å². The van der Waals surface area contributed by atoms with E-state index in [2.05, 4.69) is 53.5 Å². The Morgan fingerprint density at radius 2 is 1.70 bits per heavy atom. The highest BCUT2D eigenvalue weighted by atomic mass is 14.7. The number of nitrogens with zero attached hydrogens (tertiary/aromatic N) is 1. The minimum absolute atomic E-state index is 0.337. The van der Waals surface area contributed by atoms with Crippen molar-refractivity contribution < 1.29 is 0 Å². The molecule has 0 saturated heterocycles. The molecule has 0 spiro atoms. The van der Waals surface area contributed by atoms with Crippen molar-refractivity contribution in [1.29, 1.82) is 0 Å². The van der Waals surface area contributed by atoms with Gasteiger partial charge in [0.05, 0.1) is 5.52 Å². The zero-order chi connectivity index (χ0) is 13.8. The van der Waals surface area contributed by atoms with Crippen LogP contribution in [0.25, 0.3) is 10.9 Å². The average molecular weight is 262 g/mol. The van der Waals surface area contributed by atoms with Crippen LogP contribution >= 0.6 is 0 Å². The van der Waals surface area contributed by atoms with Crippen LogP contribution in [0.5, 0.6) is 0 Å².